The summed E-state index contributed by atoms with van der Waals surface area (Å²) in [5.74, 6) is 0.297. The maximum absolute atomic E-state index is 11.5. The van der Waals surface area contributed by atoms with E-state index in [2.05, 4.69) is 17.6 Å². The molecule has 0 aromatic rings. The number of hydrogen-bond donors (Lipinski definition) is 3. The molecule has 0 spiro atoms. The number of urea groups is 1. The van der Waals surface area contributed by atoms with Crippen LogP contribution in [0, 0.1) is 0 Å². The highest BCUT2D eigenvalue weighted by Gasteiger charge is 2.25. The van der Waals surface area contributed by atoms with Gasteiger partial charge < -0.3 is 15.7 Å². The first-order chi connectivity index (χ1) is 8.61. The normalized spacial score (nSPS) is 22.7. The maximum Gasteiger partial charge on any atom is 0.315 e. The Kier molecular flexibility index (Phi) is 6.93. The van der Waals surface area contributed by atoms with Crippen molar-refractivity contribution in [1.29, 1.82) is 0 Å². The highest BCUT2D eigenvalue weighted by Crippen LogP contribution is 2.29. The molecule has 104 valence electrons. The fraction of sp³-hybridized carbons (Fsp3) is 0.833. The van der Waals surface area contributed by atoms with Crippen LogP contribution in [-0.2, 0) is 4.79 Å². The molecule has 0 bridgehead atoms. The minimum absolute atomic E-state index is 0.0962. The summed E-state index contributed by atoms with van der Waals surface area (Å²) in [6.07, 6.45) is 3.82. The standard InChI is InChI=1S/C12H22N2O3S/c1-2-18-10-6-5-9(8-10)14-12(17)13-7-3-4-11(15)16/h9-10H,2-8H2,1H3,(H,15,16)(H2,13,14,17). The van der Waals surface area contributed by atoms with Crippen LogP contribution < -0.4 is 10.6 Å². The second-order valence-electron chi connectivity index (χ2n) is 4.48. The van der Waals surface area contributed by atoms with Crippen molar-refractivity contribution in [3.8, 4) is 0 Å². The Labute approximate surface area is 112 Å². The number of rotatable bonds is 7. The van der Waals surface area contributed by atoms with Crippen molar-refractivity contribution in [2.24, 2.45) is 0 Å². The summed E-state index contributed by atoms with van der Waals surface area (Å²) < 4.78 is 0. The highest BCUT2D eigenvalue weighted by atomic mass is 32.2. The van der Waals surface area contributed by atoms with Crippen LogP contribution in [0.15, 0.2) is 0 Å². The number of carboxylic acids is 1. The lowest BCUT2D eigenvalue weighted by atomic mass is 10.2. The minimum Gasteiger partial charge on any atom is -0.481 e. The van der Waals surface area contributed by atoms with Crippen molar-refractivity contribution in [1.82, 2.24) is 10.6 Å². The molecule has 0 aromatic heterocycles. The second-order valence-corrected chi connectivity index (χ2v) is 6.06. The zero-order valence-corrected chi connectivity index (χ0v) is 11.6. The molecule has 0 aliphatic heterocycles. The van der Waals surface area contributed by atoms with Crippen molar-refractivity contribution in [2.75, 3.05) is 12.3 Å². The van der Waals surface area contributed by atoms with Crippen molar-refractivity contribution in [2.45, 2.75) is 50.3 Å². The van der Waals surface area contributed by atoms with E-state index >= 15 is 0 Å². The molecule has 0 saturated heterocycles. The van der Waals surface area contributed by atoms with Gasteiger partial charge in [0.2, 0.25) is 0 Å². The van der Waals surface area contributed by atoms with Gasteiger partial charge in [-0.3, -0.25) is 4.79 Å². The van der Waals surface area contributed by atoms with Crippen LogP contribution in [0.25, 0.3) is 0 Å². The Hall–Kier alpha value is -0.910. The Balaban J connectivity index is 2.08. The maximum atomic E-state index is 11.5. The predicted octanol–water partition coefficient (Wildman–Crippen LogP) is 1.82. The van der Waals surface area contributed by atoms with Crippen LogP contribution in [0.4, 0.5) is 4.79 Å². The van der Waals surface area contributed by atoms with E-state index in [1.165, 1.54) is 6.42 Å². The molecule has 1 rings (SSSR count). The first-order valence-electron chi connectivity index (χ1n) is 6.49. The van der Waals surface area contributed by atoms with Gasteiger partial charge in [-0.05, 0) is 31.4 Å². The van der Waals surface area contributed by atoms with E-state index in [0.717, 1.165) is 18.6 Å². The minimum atomic E-state index is -0.826. The Morgan fingerprint density at radius 3 is 2.83 bits per heavy atom. The van der Waals surface area contributed by atoms with Crippen molar-refractivity contribution in [3.05, 3.63) is 0 Å². The van der Waals surface area contributed by atoms with Gasteiger partial charge >= 0.3 is 12.0 Å². The van der Waals surface area contributed by atoms with Crippen molar-refractivity contribution >= 4 is 23.8 Å². The van der Waals surface area contributed by atoms with Crippen LogP contribution in [0.3, 0.4) is 0 Å². The number of hydrogen-bond acceptors (Lipinski definition) is 3. The molecular weight excluding hydrogens is 252 g/mol. The summed E-state index contributed by atoms with van der Waals surface area (Å²) in [5, 5.41) is 14.8. The average molecular weight is 274 g/mol. The molecule has 1 saturated carbocycles. The molecule has 0 radical (unpaired) electrons. The van der Waals surface area contributed by atoms with Crippen LogP contribution in [0.2, 0.25) is 0 Å². The molecule has 0 aromatic carbocycles. The van der Waals surface area contributed by atoms with Gasteiger partial charge in [0.25, 0.3) is 0 Å². The van der Waals surface area contributed by atoms with Crippen molar-refractivity contribution < 1.29 is 14.7 Å². The predicted molar refractivity (Wildman–Crippen MR) is 73.0 cm³/mol. The quantitative estimate of drug-likeness (QED) is 0.619. The lowest BCUT2D eigenvalue weighted by Crippen LogP contribution is -2.41. The smallest absolute Gasteiger partial charge is 0.315 e. The lowest BCUT2D eigenvalue weighted by Gasteiger charge is -2.13. The fourth-order valence-corrected chi connectivity index (χ4v) is 3.28. The van der Waals surface area contributed by atoms with E-state index in [-0.39, 0.29) is 18.5 Å². The molecule has 6 heteroatoms. The Bertz CT molecular complexity index is 286. The van der Waals surface area contributed by atoms with E-state index < -0.39 is 5.97 Å². The van der Waals surface area contributed by atoms with Gasteiger partial charge in [0.1, 0.15) is 0 Å². The highest BCUT2D eigenvalue weighted by molar-refractivity contribution is 7.99. The number of nitrogens with one attached hydrogen (secondary N) is 2. The molecule has 2 amide bonds. The van der Waals surface area contributed by atoms with Crippen LogP contribution in [0.5, 0.6) is 0 Å². The molecule has 2 unspecified atom stereocenters. The zero-order chi connectivity index (χ0) is 13.4. The van der Waals surface area contributed by atoms with Gasteiger partial charge in [0.15, 0.2) is 0 Å². The summed E-state index contributed by atoms with van der Waals surface area (Å²) in [4.78, 5) is 21.8. The first-order valence-corrected chi connectivity index (χ1v) is 7.54. The fourth-order valence-electron chi connectivity index (χ4n) is 2.14. The third-order valence-corrected chi connectivity index (χ3v) is 4.21. The van der Waals surface area contributed by atoms with Gasteiger partial charge in [-0.15, -0.1) is 0 Å². The van der Waals surface area contributed by atoms with Crippen LogP contribution in [-0.4, -0.2) is 40.7 Å². The number of aliphatic carboxylic acids is 1. The SMILES string of the molecule is CCSC1CCC(NC(=O)NCCCC(=O)O)C1. The van der Waals surface area contributed by atoms with E-state index in [4.69, 9.17) is 5.11 Å². The number of amides is 2. The van der Waals surface area contributed by atoms with Crippen molar-refractivity contribution in [3.63, 3.8) is 0 Å². The third-order valence-electron chi connectivity index (χ3n) is 2.98. The van der Waals surface area contributed by atoms with Gasteiger partial charge in [-0.25, -0.2) is 4.79 Å². The van der Waals surface area contributed by atoms with Gasteiger partial charge in [-0.1, -0.05) is 6.92 Å². The summed E-state index contributed by atoms with van der Waals surface area (Å²) in [6.45, 7) is 2.57. The number of carbonyl (C=O) groups is 2. The monoisotopic (exact) mass is 274 g/mol. The largest absolute Gasteiger partial charge is 0.481 e. The van der Waals surface area contributed by atoms with E-state index in [9.17, 15) is 9.59 Å². The van der Waals surface area contributed by atoms with Gasteiger partial charge in [0, 0.05) is 24.3 Å². The molecule has 3 N–H and O–H groups in total. The lowest BCUT2D eigenvalue weighted by molar-refractivity contribution is -0.137. The topological polar surface area (TPSA) is 78.4 Å². The molecule has 2 atom stereocenters. The number of thioether (sulfide) groups is 1. The molecule has 18 heavy (non-hydrogen) atoms. The van der Waals surface area contributed by atoms with E-state index in [0.29, 0.717) is 18.2 Å². The summed E-state index contributed by atoms with van der Waals surface area (Å²) >= 11 is 1.96. The van der Waals surface area contributed by atoms with E-state index in [1.54, 1.807) is 0 Å². The first kappa shape index (κ1) is 15.1. The molecule has 0 heterocycles. The average Bonchev–Trinajstić information content (AvgIpc) is 2.72. The second kappa shape index (κ2) is 8.24. The van der Waals surface area contributed by atoms with Gasteiger partial charge in [-0.2, -0.15) is 11.8 Å². The van der Waals surface area contributed by atoms with Crippen LogP contribution >= 0.6 is 11.8 Å². The summed E-state index contributed by atoms with van der Waals surface area (Å²) in [6, 6.07) is 0.0982. The summed E-state index contributed by atoms with van der Waals surface area (Å²) in [5.41, 5.74) is 0. The summed E-state index contributed by atoms with van der Waals surface area (Å²) in [7, 11) is 0. The van der Waals surface area contributed by atoms with E-state index in [1.807, 2.05) is 11.8 Å². The molecular formula is C12H22N2O3S. The molecule has 1 aliphatic rings. The molecule has 5 nitrogen and oxygen atoms in total. The zero-order valence-electron chi connectivity index (χ0n) is 10.8. The van der Waals surface area contributed by atoms with Crippen LogP contribution in [0.1, 0.15) is 39.0 Å². The number of carboxylic acid groups (broad SMARTS) is 1. The Morgan fingerprint density at radius 2 is 2.17 bits per heavy atom. The molecule has 1 fully saturated rings. The molecule has 1 aliphatic carbocycles. The number of carbonyl (C=O) groups excluding carboxylic acids is 1. The van der Waals surface area contributed by atoms with Gasteiger partial charge in [0.05, 0.1) is 0 Å². The third kappa shape index (κ3) is 6.14. The Morgan fingerprint density at radius 1 is 1.39 bits per heavy atom.